The van der Waals surface area contributed by atoms with E-state index in [-0.39, 0.29) is 5.56 Å². The lowest BCUT2D eigenvalue weighted by atomic mass is 10.1. The molecule has 5 nitrogen and oxygen atoms in total. The van der Waals surface area contributed by atoms with Gasteiger partial charge in [-0.3, -0.25) is 9.78 Å². The van der Waals surface area contributed by atoms with E-state index in [0.29, 0.717) is 16.6 Å². The largest absolute Gasteiger partial charge is 0.481 e. The van der Waals surface area contributed by atoms with Crippen molar-refractivity contribution in [3.05, 3.63) is 71.4 Å². The molecule has 0 atom stereocenters. The van der Waals surface area contributed by atoms with Crippen LogP contribution in [0, 0.1) is 5.82 Å². The van der Waals surface area contributed by atoms with E-state index in [4.69, 9.17) is 16.3 Å². The minimum Gasteiger partial charge on any atom is -0.481 e. The van der Waals surface area contributed by atoms with Gasteiger partial charge in [0.1, 0.15) is 0 Å². The molecule has 0 aliphatic rings. The van der Waals surface area contributed by atoms with Gasteiger partial charge in [0.25, 0.3) is 5.91 Å². The van der Waals surface area contributed by atoms with Crippen LogP contribution in [0.25, 0.3) is 11.1 Å². The van der Waals surface area contributed by atoms with E-state index in [1.807, 2.05) is 0 Å². The van der Waals surface area contributed by atoms with Crippen LogP contribution in [-0.2, 0) is 0 Å². The molecule has 1 N–H and O–H groups in total. The van der Waals surface area contributed by atoms with Gasteiger partial charge in [0, 0.05) is 23.6 Å². The maximum Gasteiger partial charge on any atom is 0.258 e. The number of nitrogens with one attached hydrogen (secondary N) is 1. The van der Waals surface area contributed by atoms with Crippen molar-refractivity contribution < 1.29 is 13.9 Å². The predicted octanol–water partition coefficient (Wildman–Crippen LogP) is 4.20. The fourth-order valence-electron chi connectivity index (χ4n) is 2.29. The Morgan fingerprint density at radius 3 is 2.64 bits per heavy atom. The number of aromatic nitrogens is 2. The maximum absolute atomic E-state index is 13.6. The number of ether oxygens (including phenoxy) is 1. The third-order valence-electron chi connectivity index (χ3n) is 3.48. The monoisotopic (exact) mass is 357 g/mol. The molecule has 2 heterocycles. The molecule has 0 spiro atoms. The second-order valence-electron chi connectivity index (χ2n) is 5.10. The molecule has 1 amide bonds. The number of rotatable bonds is 4. The molecule has 0 unspecified atom stereocenters. The number of methoxy groups -OCH3 is 1. The third-order valence-corrected chi connectivity index (χ3v) is 3.69. The zero-order chi connectivity index (χ0) is 17.8. The molecular formula is C18H13ClFN3O2. The quantitative estimate of drug-likeness (QED) is 0.760. The van der Waals surface area contributed by atoms with E-state index in [1.54, 1.807) is 30.3 Å². The normalized spacial score (nSPS) is 10.4. The van der Waals surface area contributed by atoms with Crippen LogP contribution in [0.2, 0.25) is 5.02 Å². The first-order chi connectivity index (χ1) is 12.1. The average Bonchev–Trinajstić information content (AvgIpc) is 2.62. The van der Waals surface area contributed by atoms with Crippen molar-refractivity contribution in [2.75, 3.05) is 12.4 Å². The smallest absolute Gasteiger partial charge is 0.258 e. The lowest BCUT2D eigenvalue weighted by Crippen LogP contribution is -2.13. The van der Waals surface area contributed by atoms with Crippen LogP contribution in [0.15, 0.2) is 55.0 Å². The predicted molar refractivity (Wildman–Crippen MR) is 93.4 cm³/mol. The summed E-state index contributed by atoms with van der Waals surface area (Å²) in [6.45, 7) is 0. The molecule has 0 bridgehead atoms. The molecule has 0 radical (unpaired) electrons. The summed E-state index contributed by atoms with van der Waals surface area (Å²) >= 11 is 5.99. The van der Waals surface area contributed by atoms with Gasteiger partial charge in [-0.1, -0.05) is 23.7 Å². The van der Waals surface area contributed by atoms with Gasteiger partial charge >= 0.3 is 0 Å². The highest BCUT2D eigenvalue weighted by Crippen LogP contribution is 2.31. The highest BCUT2D eigenvalue weighted by Gasteiger charge is 2.12. The molecule has 0 saturated heterocycles. The summed E-state index contributed by atoms with van der Waals surface area (Å²) < 4.78 is 18.8. The second kappa shape index (κ2) is 7.27. The van der Waals surface area contributed by atoms with Crippen LogP contribution in [-0.4, -0.2) is 23.0 Å². The number of hydrogen-bond donors (Lipinski definition) is 1. The first kappa shape index (κ1) is 16.9. The molecule has 0 aliphatic heterocycles. The van der Waals surface area contributed by atoms with Crippen molar-refractivity contribution in [2.24, 2.45) is 0 Å². The number of amides is 1. The van der Waals surface area contributed by atoms with E-state index in [9.17, 15) is 9.18 Å². The number of halogens is 2. The summed E-state index contributed by atoms with van der Waals surface area (Å²) in [6, 6.07) is 10.0. The van der Waals surface area contributed by atoms with Gasteiger partial charge in [-0.2, -0.15) is 0 Å². The molecule has 0 saturated carbocycles. The van der Waals surface area contributed by atoms with Crippen LogP contribution < -0.4 is 10.1 Å². The Morgan fingerprint density at radius 1 is 1.20 bits per heavy atom. The van der Waals surface area contributed by atoms with Gasteiger partial charge in [0.15, 0.2) is 5.82 Å². The Balaban J connectivity index is 1.83. The highest BCUT2D eigenvalue weighted by molar-refractivity contribution is 6.30. The average molecular weight is 358 g/mol. The molecule has 3 rings (SSSR count). The summed E-state index contributed by atoms with van der Waals surface area (Å²) in [5, 5.41) is 3.13. The summed E-state index contributed by atoms with van der Waals surface area (Å²) in [5.41, 5.74) is 2.01. The van der Waals surface area contributed by atoms with Gasteiger partial charge in [-0.25, -0.2) is 9.37 Å². The Hall–Kier alpha value is -2.99. The Morgan fingerprint density at radius 2 is 1.96 bits per heavy atom. The van der Waals surface area contributed by atoms with Crippen LogP contribution in [0.4, 0.5) is 10.1 Å². The highest BCUT2D eigenvalue weighted by atomic mass is 35.5. The molecule has 126 valence electrons. The molecular weight excluding hydrogens is 345 g/mol. The molecule has 0 aliphatic carbocycles. The van der Waals surface area contributed by atoms with Gasteiger partial charge < -0.3 is 10.1 Å². The zero-order valence-corrected chi connectivity index (χ0v) is 13.9. The van der Waals surface area contributed by atoms with Gasteiger partial charge in [0.05, 0.1) is 23.9 Å². The Kier molecular flexibility index (Phi) is 4.90. The van der Waals surface area contributed by atoms with E-state index in [2.05, 4.69) is 15.3 Å². The number of pyridine rings is 2. The summed E-state index contributed by atoms with van der Waals surface area (Å²) in [7, 11) is 1.53. The van der Waals surface area contributed by atoms with Crippen molar-refractivity contribution in [2.45, 2.75) is 0 Å². The van der Waals surface area contributed by atoms with Gasteiger partial charge in [0.2, 0.25) is 5.88 Å². The van der Waals surface area contributed by atoms with Crippen molar-refractivity contribution in [3.8, 4) is 17.0 Å². The van der Waals surface area contributed by atoms with Gasteiger partial charge in [-0.15, -0.1) is 0 Å². The topological polar surface area (TPSA) is 64.1 Å². The molecule has 1 aromatic carbocycles. The number of benzene rings is 1. The van der Waals surface area contributed by atoms with Crippen LogP contribution in [0.3, 0.4) is 0 Å². The molecule has 3 aromatic rings. The SMILES string of the molecule is COc1ncc(Cl)cc1-c1ccc(NC(=O)c2ccncc2F)cc1. The number of carbonyl (C=O) groups excluding carboxylic acids is 1. The molecule has 7 heteroatoms. The van der Waals surface area contributed by atoms with Crippen LogP contribution in [0.5, 0.6) is 5.88 Å². The zero-order valence-electron chi connectivity index (χ0n) is 13.2. The standard InChI is InChI=1S/C18H13ClFN3O2/c1-25-18-15(8-12(19)9-22-18)11-2-4-13(5-3-11)23-17(24)14-6-7-21-10-16(14)20/h2-10H,1H3,(H,23,24). The Labute approximate surface area is 148 Å². The van der Waals surface area contributed by atoms with E-state index < -0.39 is 11.7 Å². The third kappa shape index (κ3) is 3.75. The van der Waals surface area contributed by atoms with Crippen LogP contribution >= 0.6 is 11.6 Å². The lowest BCUT2D eigenvalue weighted by molar-refractivity contribution is 0.102. The van der Waals surface area contributed by atoms with Crippen LogP contribution in [0.1, 0.15) is 10.4 Å². The summed E-state index contributed by atoms with van der Waals surface area (Å²) in [6.07, 6.45) is 3.86. The summed E-state index contributed by atoms with van der Waals surface area (Å²) in [5.74, 6) is -0.777. The first-order valence-corrected chi connectivity index (χ1v) is 7.67. The minimum atomic E-state index is -0.675. The van der Waals surface area contributed by atoms with Crippen molar-refractivity contribution in [3.63, 3.8) is 0 Å². The second-order valence-corrected chi connectivity index (χ2v) is 5.53. The number of nitrogens with zero attached hydrogens (tertiary/aromatic N) is 2. The van der Waals surface area contributed by atoms with Gasteiger partial charge in [-0.05, 0) is 29.8 Å². The minimum absolute atomic E-state index is 0.0696. The van der Waals surface area contributed by atoms with E-state index in [0.717, 1.165) is 17.3 Å². The lowest BCUT2D eigenvalue weighted by Gasteiger charge is -2.10. The Bertz CT molecular complexity index is 916. The fourth-order valence-corrected chi connectivity index (χ4v) is 2.44. The molecule has 2 aromatic heterocycles. The number of anilines is 1. The molecule has 0 fully saturated rings. The van der Waals surface area contributed by atoms with Crippen molar-refractivity contribution in [1.82, 2.24) is 9.97 Å². The number of carbonyl (C=O) groups is 1. The fraction of sp³-hybridized carbons (Fsp3) is 0.0556. The van der Waals surface area contributed by atoms with E-state index >= 15 is 0 Å². The van der Waals surface area contributed by atoms with Crippen molar-refractivity contribution >= 4 is 23.2 Å². The maximum atomic E-state index is 13.6. The first-order valence-electron chi connectivity index (χ1n) is 7.29. The van der Waals surface area contributed by atoms with E-state index in [1.165, 1.54) is 25.6 Å². The molecule has 25 heavy (non-hydrogen) atoms. The summed E-state index contributed by atoms with van der Waals surface area (Å²) in [4.78, 5) is 19.8. The van der Waals surface area contributed by atoms with Crippen molar-refractivity contribution in [1.29, 1.82) is 0 Å². The number of hydrogen-bond acceptors (Lipinski definition) is 4.